The lowest BCUT2D eigenvalue weighted by Gasteiger charge is -2.06. The van der Waals surface area contributed by atoms with E-state index >= 15 is 0 Å². The van der Waals surface area contributed by atoms with Gasteiger partial charge in [0.25, 0.3) is 0 Å². The van der Waals surface area contributed by atoms with E-state index in [1.54, 1.807) is 0 Å². The molecule has 0 aromatic rings. The molecule has 0 radical (unpaired) electrons. The van der Waals surface area contributed by atoms with E-state index in [1.807, 2.05) is 0 Å². The predicted octanol–water partition coefficient (Wildman–Crippen LogP) is 1.42. The van der Waals surface area contributed by atoms with Gasteiger partial charge >= 0.3 is 0 Å². The number of nitrogens with one attached hydrogen (secondary N) is 1. The minimum absolute atomic E-state index is 0.206. The Bertz CT molecular complexity index is 201. The van der Waals surface area contributed by atoms with E-state index < -0.39 is 0 Å². The van der Waals surface area contributed by atoms with E-state index in [9.17, 15) is 4.79 Å². The highest BCUT2D eigenvalue weighted by Crippen LogP contribution is 2.44. The van der Waals surface area contributed by atoms with Gasteiger partial charge < -0.3 is 11.1 Å². The molecule has 82 valence electrons. The second-order valence-electron chi connectivity index (χ2n) is 4.91. The maximum atomic E-state index is 11.4. The van der Waals surface area contributed by atoms with Crippen molar-refractivity contribution in [3.05, 3.63) is 0 Å². The molecule has 1 saturated carbocycles. The summed E-state index contributed by atoms with van der Waals surface area (Å²) in [5, 5.41) is 3.05. The largest absolute Gasteiger partial charge is 0.353 e. The van der Waals surface area contributed by atoms with Crippen LogP contribution >= 0.6 is 0 Å². The fraction of sp³-hybridized carbons (Fsp3) is 0.909. The van der Waals surface area contributed by atoms with Crippen LogP contribution in [0.15, 0.2) is 0 Å². The average molecular weight is 198 g/mol. The Hall–Kier alpha value is -0.570. The van der Waals surface area contributed by atoms with Gasteiger partial charge in [0.05, 0.1) is 0 Å². The Morgan fingerprint density at radius 2 is 2.07 bits per heavy atom. The summed E-state index contributed by atoms with van der Waals surface area (Å²) in [6.45, 7) is 5.11. The van der Waals surface area contributed by atoms with Gasteiger partial charge in [-0.25, -0.2) is 0 Å². The number of carbonyl (C=O) groups excluding carboxylic acids is 1. The molecule has 1 unspecified atom stereocenters. The summed E-state index contributed by atoms with van der Waals surface area (Å²) in [5.41, 5.74) is 5.71. The van der Waals surface area contributed by atoms with Crippen LogP contribution in [-0.4, -0.2) is 18.5 Å². The number of nitrogens with two attached hydrogens (primary N) is 1. The lowest BCUT2D eigenvalue weighted by atomic mass is 10.1. The van der Waals surface area contributed by atoms with E-state index in [-0.39, 0.29) is 5.91 Å². The van der Waals surface area contributed by atoms with Crippen LogP contribution in [0.1, 0.15) is 46.0 Å². The summed E-state index contributed by atoms with van der Waals surface area (Å²) in [6, 6.07) is 0.421. The van der Waals surface area contributed by atoms with Crippen LogP contribution < -0.4 is 11.1 Å². The Morgan fingerprint density at radius 3 is 2.57 bits per heavy atom. The summed E-state index contributed by atoms with van der Waals surface area (Å²) in [6.07, 6.45) is 4.85. The molecule has 0 aliphatic heterocycles. The standard InChI is InChI=1S/C11H22N2O/c1-11(2)8-9(11)13-10(14)6-4-3-5-7-12/h9H,3-8,12H2,1-2H3,(H,13,14). The van der Waals surface area contributed by atoms with Gasteiger partial charge in [0, 0.05) is 12.5 Å². The number of unbranched alkanes of at least 4 members (excludes halogenated alkanes) is 2. The van der Waals surface area contributed by atoms with Crippen molar-refractivity contribution in [3.8, 4) is 0 Å². The maximum absolute atomic E-state index is 11.4. The Balaban J connectivity index is 2.00. The zero-order valence-electron chi connectivity index (χ0n) is 9.31. The molecule has 1 atom stereocenters. The molecule has 1 aliphatic carbocycles. The van der Waals surface area contributed by atoms with E-state index in [0.717, 1.165) is 32.2 Å². The van der Waals surface area contributed by atoms with E-state index in [1.165, 1.54) is 0 Å². The normalized spacial score (nSPS) is 23.2. The minimum Gasteiger partial charge on any atom is -0.353 e. The number of amides is 1. The number of rotatable bonds is 6. The topological polar surface area (TPSA) is 55.1 Å². The molecule has 0 aromatic heterocycles. The minimum atomic E-state index is 0.206. The van der Waals surface area contributed by atoms with Crippen LogP contribution in [0.25, 0.3) is 0 Å². The zero-order valence-corrected chi connectivity index (χ0v) is 9.31. The van der Waals surface area contributed by atoms with Crippen molar-refractivity contribution < 1.29 is 4.79 Å². The van der Waals surface area contributed by atoms with Gasteiger partial charge in [-0.15, -0.1) is 0 Å². The summed E-state index contributed by atoms with van der Waals surface area (Å²) in [7, 11) is 0. The number of carbonyl (C=O) groups is 1. The highest BCUT2D eigenvalue weighted by Gasteiger charge is 2.46. The molecular weight excluding hydrogens is 176 g/mol. The molecule has 1 rings (SSSR count). The van der Waals surface area contributed by atoms with Gasteiger partial charge in [-0.3, -0.25) is 4.79 Å². The SMILES string of the molecule is CC1(C)CC1NC(=O)CCCCCN. The Morgan fingerprint density at radius 1 is 1.43 bits per heavy atom. The fourth-order valence-electron chi connectivity index (χ4n) is 1.59. The van der Waals surface area contributed by atoms with Crippen molar-refractivity contribution in [2.75, 3.05) is 6.54 Å². The van der Waals surface area contributed by atoms with Crippen LogP contribution in [0.4, 0.5) is 0 Å². The first kappa shape index (κ1) is 11.5. The average Bonchev–Trinajstić information content (AvgIpc) is 2.68. The lowest BCUT2D eigenvalue weighted by Crippen LogP contribution is -2.28. The quantitative estimate of drug-likeness (QED) is 0.634. The molecule has 3 N–H and O–H groups in total. The molecule has 0 heterocycles. The van der Waals surface area contributed by atoms with Gasteiger partial charge in [-0.2, -0.15) is 0 Å². The zero-order chi connectivity index (χ0) is 10.6. The van der Waals surface area contributed by atoms with Crippen molar-refractivity contribution in [2.45, 2.75) is 52.0 Å². The third-order valence-electron chi connectivity index (χ3n) is 2.96. The molecule has 0 aromatic carbocycles. The smallest absolute Gasteiger partial charge is 0.220 e. The molecule has 0 saturated heterocycles. The first-order chi connectivity index (χ1) is 6.56. The van der Waals surface area contributed by atoms with E-state index in [0.29, 0.717) is 17.9 Å². The van der Waals surface area contributed by atoms with Crippen molar-refractivity contribution in [2.24, 2.45) is 11.1 Å². The van der Waals surface area contributed by atoms with Gasteiger partial charge in [0.15, 0.2) is 0 Å². The van der Waals surface area contributed by atoms with E-state index in [2.05, 4.69) is 19.2 Å². The Labute approximate surface area is 86.4 Å². The molecule has 1 fully saturated rings. The number of hydrogen-bond donors (Lipinski definition) is 2. The first-order valence-corrected chi connectivity index (χ1v) is 5.56. The van der Waals surface area contributed by atoms with E-state index in [4.69, 9.17) is 5.73 Å². The first-order valence-electron chi connectivity index (χ1n) is 5.56. The van der Waals surface area contributed by atoms with Crippen molar-refractivity contribution in [1.29, 1.82) is 0 Å². The molecule has 1 aliphatic rings. The summed E-state index contributed by atoms with van der Waals surface area (Å²) in [5.74, 6) is 0.206. The van der Waals surface area contributed by atoms with Crippen molar-refractivity contribution in [1.82, 2.24) is 5.32 Å². The predicted molar refractivity (Wildman–Crippen MR) is 57.9 cm³/mol. The van der Waals surface area contributed by atoms with Gasteiger partial charge in [-0.05, 0) is 31.2 Å². The van der Waals surface area contributed by atoms with Crippen molar-refractivity contribution in [3.63, 3.8) is 0 Å². The maximum Gasteiger partial charge on any atom is 0.220 e. The third-order valence-corrected chi connectivity index (χ3v) is 2.96. The monoisotopic (exact) mass is 198 g/mol. The molecule has 0 bridgehead atoms. The van der Waals surface area contributed by atoms with Crippen LogP contribution in [0, 0.1) is 5.41 Å². The summed E-state index contributed by atoms with van der Waals surface area (Å²) >= 11 is 0. The highest BCUT2D eigenvalue weighted by molar-refractivity contribution is 5.76. The van der Waals surface area contributed by atoms with Crippen LogP contribution in [0.5, 0.6) is 0 Å². The lowest BCUT2D eigenvalue weighted by molar-refractivity contribution is -0.121. The van der Waals surface area contributed by atoms with Crippen LogP contribution in [0.3, 0.4) is 0 Å². The number of hydrogen-bond acceptors (Lipinski definition) is 2. The fourth-order valence-corrected chi connectivity index (χ4v) is 1.59. The second kappa shape index (κ2) is 4.78. The van der Waals surface area contributed by atoms with Gasteiger partial charge in [0.2, 0.25) is 5.91 Å². The third kappa shape index (κ3) is 3.66. The summed E-state index contributed by atoms with van der Waals surface area (Å²) in [4.78, 5) is 11.4. The molecule has 3 nitrogen and oxygen atoms in total. The molecule has 0 spiro atoms. The highest BCUT2D eigenvalue weighted by atomic mass is 16.1. The van der Waals surface area contributed by atoms with Crippen LogP contribution in [0.2, 0.25) is 0 Å². The molecular formula is C11H22N2O. The molecule has 1 amide bonds. The second-order valence-corrected chi connectivity index (χ2v) is 4.91. The summed E-state index contributed by atoms with van der Waals surface area (Å²) < 4.78 is 0. The Kier molecular flexibility index (Phi) is 3.93. The van der Waals surface area contributed by atoms with Crippen LogP contribution in [-0.2, 0) is 4.79 Å². The molecule has 14 heavy (non-hydrogen) atoms. The van der Waals surface area contributed by atoms with Gasteiger partial charge in [-0.1, -0.05) is 20.3 Å². The van der Waals surface area contributed by atoms with Crippen molar-refractivity contribution >= 4 is 5.91 Å². The molecule has 3 heteroatoms. The van der Waals surface area contributed by atoms with Gasteiger partial charge in [0.1, 0.15) is 0 Å².